The second-order valence-electron chi connectivity index (χ2n) is 8.27. The largest absolute Gasteiger partial charge is 0.506 e. The van der Waals surface area contributed by atoms with E-state index in [-0.39, 0.29) is 5.75 Å². The third kappa shape index (κ3) is 4.36. The standard InChI is InChI=1S/C24H27N7O/c1-16-15-31(9-8-25-16)23-7-6-21(29-30-23)24-22(32)11-19(14-28-24)26-12-17-10-18-4-2-3-5-20(18)27-13-17/h2-7,10-11,14,16,25-27,32H,8-9,12-13,15H2,1H3. The highest BCUT2D eigenvalue weighted by atomic mass is 16.3. The maximum atomic E-state index is 10.5. The van der Waals surface area contributed by atoms with Crippen LogP contribution in [-0.4, -0.2) is 59.1 Å². The third-order valence-electron chi connectivity index (χ3n) is 5.80. The van der Waals surface area contributed by atoms with E-state index in [1.54, 1.807) is 12.3 Å². The van der Waals surface area contributed by atoms with Gasteiger partial charge in [0, 0.05) is 50.5 Å². The molecular formula is C24H27N7O. The smallest absolute Gasteiger partial charge is 0.151 e. The van der Waals surface area contributed by atoms with Gasteiger partial charge in [0.2, 0.25) is 0 Å². The summed E-state index contributed by atoms with van der Waals surface area (Å²) < 4.78 is 0. The molecule has 5 rings (SSSR count). The van der Waals surface area contributed by atoms with Gasteiger partial charge in [-0.1, -0.05) is 24.3 Å². The van der Waals surface area contributed by atoms with Gasteiger partial charge >= 0.3 is 0 Å². The summed E-state index contributed by atoms with van der Waals surface area (Å²) in [5.74, 6) is 0.921. The number of nitrogens with zero attached hydrogens (tertiary/aromatic N) is 4. The Balaban J connectivity index is 1.25. The van der Waals surface area contributed by atoms with Crippen LogP contribution in [-0.2, 0) is 0 Å². The van der Waals surface area contributed by atoms with Crippen molar-refractivity contribution in [1.29, 1.82) is 0 Å². The van der Waals surface area contributed by atoms with E-state index in [9.17, 15) is 5.11 Å². The minimum atomic E-state index is 0.0777. The molecule has 0 amide bonds. The molecular weight excluding hydrogens is 402 g/mol. The molecule has 0 aliphatic carbocycles. The first kappa shape index (κ1) is 20.3. The summed E-state index contributed by atoms with van der Waals surface area (Å²) in [6, 6.07) is 14.1. The first-order valence-corrected chi connectivity index (χ1v) is 10.9. The molecule has 0 radical (unpaired) electrons. The molecule has 1 unspecified atom stereocenters. The van der Waals surface area contributed by atoms with E-state index >= 15 is 0 Å². The zero-order chi connectivity index (χ0) is 21.9. The lowest BCUT2D eigenvalue weighted by atomic mass is 10.0. The normalized spacial score (nSPS) is 17.8. The molecule has 8 heteroatoms. The van der Waals surface area contributed by atoms with Gasteiger partial charge in [0.15, 0.2) is 5.82 Å². The number of aromatic hydroxyl groups is 1. The Kier molecular flexibility index (Phi) is 5.60. The number of para-hydroxylation sites is 1. The lowest BCUT2D eigenvalue weighted by Gasteiger charge is -2.32. The topological polar surface area (TPSA) is 98.2 Å². The second-order valence-corrected chi connectivity index (χ2v) is 8.27. The number of benzene rings is 1. The summed E-state index contributed by atoms with van der Waals surface area (Å²) in [5, 5.41) is 29.4. The Labute approximate surface area is 187 Å². The van der Waals surface area contributed by atoms with Gasteiger partial charge in [0.25, 0.3) is 0 Å². The Bertz CT molecular complexity index is 1130. The van der Waals surface area contributed by atoms with Crippen molar-refractivity contribution in [3.63, 3.8) is 0 Å². The predicted molar refractivity (Wildman–Crippen MR) is 128 cm³/mol. The predicted octanol–water partition coefficient (Wildman–Crippen LogP) is 2.96. The number of hydrogen-bond acceptors (Lipinski definition) is 8. The van der Waals surface area contributed by atoms with Crippen molar-refractivity contribution in [3.05, 3.63) is 59.8 Å². The van der Waals surface area contributed by atoms with Gasteiger partial charge in [-0.25, -0.2) is 4.98 Å². The maximum Gasteiger partial charge on any atom is 0.151 e. The molecule has 8 nitrogen and oxygen atoms in total. The average molecular weight is 430 g/mol. The van der Waals surface area contributed by atoms with Crippen LogP contribution in [0, 0.1) is 0 Å². The molecule has 4 heterocycles. The molecule has 0 bridgehead atoms. The first-order valence-electron chi connectivity index (χ1n) is 10.9. The van der Waals surface area contributed by atoms with Crippen LogP contribution >= 0.6 is 0 Å². The average Bonchev–Trinajstić information content (AvgIpc) is 2.83. The number of fused-ring (bicyclic) bond motifs is 1. The van der Waals surface area contributed by atoms with Crippen LogP contribution in [0.3, 0.4) is 0 Å². The summed E-state index contributed by atoms with van der Waals surface area (Å²) in [6.45, 7) is 6.34. The van der Waals surface area contributed by atoms with Crippen LogP contribution in [0.15, 0.2) is 54.2 Å². The van der Waals surface area contributed by atoms with Gasteiger partial charge in [-0.15, -0.1) is 10.2 Å². The lowest BCUT2D eigenvalue weighted by molar-refractivity contribution is 0.475. The van der Waals surface area contributed by atoms with Crippen LogP contribution in [0.5, 0.6) is 5.75 Å². The van der Waals surface area contributed by atoms with Crippen LogP contribution < -0.4 is 20.9 Å². The second kappa shape index (κ2) is 8.84. The quantitative estimate of drug-likeness (QED) is 0.492. The van der Waals surface area contributed by atoms with E-state index in [0.29, 0.717) is 24.0 Å². The van der Waals surface area contributed by atoms with Crippen LogP contribution in [0.2, 0.25) is 0 Å². The number of hydrogen-bond donors (Lipinski definition) is 4. The summed E-state index contributed by atoms with van der Waals surface area (Å²) >= 11 is 0. The highest BCUT2D eigenvalue weighted by molar-refractivity contribution is 5.73. The molecule has 164 valence electrons. The van der Waals surface area contributed by atoms with Crippen molar-refractivity contribution in [2.75, 3.05) is 48.3 Å². The zero-order valence-corrected chi connectivity index (χ0v) is 18.0. The van der Waals surface area contributed by atoms with E-state index in [4.69, 9.17) is 0 Å². The highest BCUT2D eigenvalue weighted by Crippen LogP contribution is 2.29. The van der Waals surface area contributed by atoms with Gasteiger partial charge in [-0.3, -0.25) is 0 Å². The van der Waals surface area contributed by atoms with Gasteiger partial charge in [-0.2, -0.15) is 0 Å². The fraction of sp³-hybridized carbons (Fsp3) is 0.292. The minimum Gasteiger partial charge on any atom is -0.506 e. The summed E-state index contributed by atoms with van der Waals surface area (Å²) in [6.07, 6.45) is 3.91. The summed E-state index contributed by atoms with van der Waals surface area (Å²) in [7, 11) is 0. The molecule has 0 saturated carbocycles. The molecule has 4 N–H and O–H groups in total. The Hall–Kier alpha value is -3.65. The maximum absolute atomic E-state index is 10.5. The number of anilines is 3. The molecule has 0 spiro atoms. The summed E-state index contributed by atoms with van der Waals surface area (Å²) in [4.78, 5) is 6.64. The van der Waals surface area contributed by atoms with E-state index < -0.39 is 0 Å². The van der Waals surface area contributed by atoms with Crippen molar-refractivity contribution in [3.8, 4) is 17.1 Å². The number of pyridine rings is 1. The molecule has 32 heavy (non-hydrogen) atoms. The number of nitrogens with one attached hydrogen (secondary N) is 3. The molecule has 3 aromatic rings. The Morgan fingerprint density at radius 1 is 1.19 bits per heavy atom. The van der Waals surface area contributed by atoms with E-state index in [1.807, 2.05) is 24.3 Å². The Morgan fingerprint density at radius 2 is 2.09 bits per heavy atom. The van der Waals surface area contributed by atoms with Crippen molar-refractivity contribution in [2.45, 2.75) is 13.0 Å². The fourth-order valence-corrected chi connectivity index (χ4v) is 4.10. The molecule has 1 saturated heterocycles. The molecule has 1 aromatic carbocycles. The Morgan fingerprint density at radius 3 is 2.91 bits per heavy atom. The summed E-state index contributed by atoms with van der Waals surface area (Å²) in [5.41, 5.74) is 5.30. The molecule has 2 aliphatic heterocycles. The van der Waals surface area contributed by atoms with Gasteiger partial charge in [-0.05, 0) is 36.3 Å². The minimum absolute atomic E-state index is 0.0777. The fourth-order valence-electron chi connectivity index (χ4n) is 4.10. The molecule has 2 aromatic heterocycles. The third-order valence-corrected chi connectivity index (χ3v) is 5.80. The van der Waals surface area contributed by atoms with Crippen molar-refractivity contribution in [2.24, 2.45) is 0 Å². The first-order chi connectivity index (χ1) is 15.7. The van der Waals surface area contributed by atoms with Crippen molar-refractivity contribution >= 4 is 23.3 Å². The SMILES string of the molecule is CC1CN(c2ccc(-c3ncc(NCC4=Cc5ccccc5NC4)cc3O)nn2)CCN1. The number of aromatic nitrogens is 3. The van der Waals surface area contributed by atoms with Gasteiger partial charge in [0.05, 0.1) is 11.9 Å². The monoisotopic (exact) mass is 429 g/mol. The van der Waals surface area contributed by atoms with Crippen molar-refractivity contribution < 1.29 is 5.11 Å². The molecule has 2 aliphatic rings. The highest BCUT2D eigenvalue weighted by Gasteiger charge is 2.18. The van der Waals surface area contributed by atoms with Crippen molar-refractivity contribution in [1.82, 2.24) is 20.5 Å². The van der Waals surface area contributed by atoms with Gasteiger partial charge in [0.1, 0.15) is 17.1 Å². The van der Waals surface area contributed by atoms with Crippen LogP contribution in [0.25, 0.3) is 17.5 Å². The lowest BCUT2D eigenvalue weighted by Crippen LogP contribution is -2.49. The van der Waals surface area contributed by atoms with Crippen LogP contribution in [0.1, 0.15) is 12.5 Å². The molecule has 1 atom stereocenters. The van der Waals surface area contributed by atoms with E-state index in [2.05, 4.69) is 61.2 Å². The van der Waals surface area contributed by atoms with Crippen LogP contribution in [0.4, 0.5) is 17.2 Å². The zero-order valence-electron chi connectivity index (χ0n) is 18.0. The molecule has 1 fully saturated rings. The van der Waals surface area contributed by atoms with E-state index in [1.165, 1.54) is 11.1 Å². The van der Waals surface area contributed by atoms with Gasteiger partial charge < -0.3 is 26.0 Å². The van der Waals surface area contributed by atoms with E-state index in [0.717, 1.165) is 43.4 Å². The number of rotatable bonds is 5. The number of piperazine rings is 1.